The Morgan fingerprint density at radius 3 is 2.47 bits per heavy atom. The summed E-state index contributed by atoms with van der Waals surface area (Å²) in [5, 5.41) is 5.01. The third-order valence-electron chi connectivity index (χ3n) is 6.16. The number of anilines is 1. The molecule has 4 aromatic rings. The first-order valence-electron chi connectivity index (χ1n) is 11.1. The van der Waals surface area contributed by atoms with E-state index in [0.717, 1.165) is 26.8 Å². The monoisotopic (exact) mass is 446 g/mol. The molecule has 1 saturated carbocycles. The number of thiophene rings is 1. The highest BCUT2D eigenvalue weighted by Gasteiger charge is 2.30. The number of nitrogens with zero attached hydrogens (tertiary/aromatic N) is 1. The summed E-state index contributed by atoms with van der Waals surface area (Å²) in [6.07, 6.45) is 5.16. The molecule has 0 bridgehead atoms. The molecule has 1 amide bonds. The minimum atomic E-state index is -0.0725. The number of carbonyl (C=O) groups excluding carboxylic acids is 1. The first-order valence-corrected chi connectivity index (χ1v) is 11.9. The molecule has 5 rings (SSSR count). The molecule has 0 aliphatic heterocycles. The SMILES string of the molecule is CC1(c2ccc3nc4sc(C(=O)NCCN)cc4cc3c2)CCCC1.Nc1ccccc1. The van der Waals surface area contributed by atoms with Gasteiger partial charge in [-0.2, -0.15) is 0 Å². The summed E-state index contributed by atoms with van der Waals surface area (Å²) in [4.78, 5) is 18.5. The van der Waals surface area contributed by atoms with Gasteiger partial charge < -0.3 is 16.8 Å². The lowest BCUT2D eigenvalue weighted by Crippen LogP contribution is -2.28. The first kappa shape index (κ1) is 22.2. The van der Waals surface area contributed by atoms with Gasteiger partial charge in [0.05, 0.1) is 10.4 Å². The number of rotatable bonds is 4. The van der Waals surface area contributed by atoms with Crippen LogP contribution in [0.2, 0.25) is 0 Å². The van der Waals surface area contributed by atoms with E-state index < -0.39 is 0 Å². The molecule has 5 N–H and O–H groups in total. The molecule has 1 fully saturated rings. The second kappa shape index (κ2) is 9.67. The lowest BCUT2D eigenvalue weighted by Gasteiger charge is -2.24. The summed E-state index contributed by atoms with van der Waals surface area (Å²) in [6.45, 7) is 3.31. The van der Waals surface area contributed by atoms with E-state index in [4.69, 9.17) is 16.5 Å². The predicted octanol–water partition coefficient (Wildman–Crippen LogP) is 5.24. The summed E-state index contributed by atoms with van der Waals surface area (Å²) in [5.41, 5.74) is 14.3. The summed E-state index contributed by atoms with van der Waals surface area (Å²) in [6, 6.07) is 20.2. The van der Waals surface area contributed by atoms with Crippen LogP contribution in [0.1, 0.15) is 47.8 Å². The molecule has 5 nitrogen and oxygen atoms in total. The lowest BCUT2D eigenvalue weighted by atomic mass is 9.80. The second-order valence-electron chi connectivity index (χ2n) is 8.62. The highest BCUT2D eigenvalue weighted by Crippen LogP contribution is 2.41. The Morgan fingerprint density at radius 2 is 1.81 bits per heavy atom. The van der Waals surface area contributed by atoms with E-state index in [2.05, 4.69) is 36.5 Å². The van der Waals surface area contributed by atoms with Gasteiger partial charge in [-0.25, -0.2) is 4.98 Å². The van der Waals surface area contributed by atoms with Crippen LogP contribution in [0, 0.1) is 0 Å². The Hall–Kier alpha value is -2.96. The Bertz CT molecular complexity index is 1210. The molecule has 0 spiro atoms. The van der Waals surface area contributed by atoms with E-state index in [1.807, 2.05) is 36.4 Å². The maximum absolute atomic E-state index is 12.2. The van der Waals surface area contributed by atoms with Crippen LogP contribution in [-0.4, -0.2) is 24.0 Å². The van der Waals surface area contributed by atoms with Gasteiger partial charge >= 0.3 is 0 Å². The van der Waals surface area contributed by atoms with E-state index >= 15 is 0 Å². The van der Waals surface area contributed by atoms with Crippen molar-refractivity contribution in [3.05, 3.63) is 71.1 Å². The molecule has 2 aromatic carbocycles. The number of benzene rings is 2. The average molecular weight is 447 g/mol. The number of hydrogen-bond donors (Lipinski definition) is 3. The van der Waals surface area contributed by atoms with Crippen LogP contribution in [0.5, 0.6) is 0 Å². The molecule has 1 aliphatic carbocycles. The number of nitrogens with one attached hydrogen (secondary N) is 1. The Balaban J connectivity index is 0.000000300. The molecular formula is C26H30N4OS. The van der Waals surface area contributed by atoms with Crippen LogP contribution in [0.4, 0.5) is 5.69 Å². The number of aromatic nitrogens is 1. The highest BCUT2D eigenvalue weighted by atomic mass is 32.1. The molecule has 2 heterocycles. The molecule has 6 heteroatoms. The molecule has 166 valence electrons. The van der Waals surface area contributed by atoms with E-state index in [1.165, 1.54) is 42.6 Å². The van der Waals surface area contributed by atoms with Crippen LogP contribution < -0.4 is 16.8 Å². The third kappa shape index (κ3) is 4.92. The van der Waals surface area contributed by atoms with Gasteiger partial charge in [-0.15, -0.1) is 11.3 Å². The number of carbonyl (C=O) groups is 1. The maximum atomic E-state index is 12.2. The van der Waals surface area contributed by atoms with E-state index in [0.29, 0.717) is 23.4 Å². The van der Waals surface area contributed by atoms with E-state index in [-0.39, 0.29) is 5.91 Å². The van der Waals surface area contributed by atoms with Crippen molar-refractivity contribution in [1.29, 1.82) is 0 Å². The van der Waals surface area contributed by atoms with Crippen LogP contribution in [0.15, 0.2) is 60.7 Å². The van der Waals surface area contributed by atoms with Crippen molar-refractivity contribution >= 4 is 44.1 Å². The van der Waals surface area contributed by atoms with Gasteiger partial charge in [-0.3, -0.25) is 4.79 Å². The fourth-order valence-corrected chi connectivity index (χ4v) is 5.23. The van der Waals surface area contributed by atoms with Crippen molar-refractivity contribution in [2.45, 2.75) is 38.0 Å². The zero-order chi connectivity index (χ0) is 22.6. The zero-order valence-corrected chi connectivity index (χ0v) is 19.3. The Kier molecular flexibility index (Phi) is 6.72. The van der Waals surface area contributed by atoms with Gasteiger partial charge in [-0.1, -0.05) is 44.0 Å². The van der Waals surface area contributed by atoms with Crippen LogP contribution >= 0.6 is 11.3 Å². The van der Waals surface area contributed by atoms with Gasteiger partial charge in [0.1, 0.15) is 4.83 Å². The van der Waals surface area contributed by atoms with E-state index in [9.17, 15) is 4.79 Å². The smallest absolute Gasteiger partial charge is 0.261 e. The third-order valence-corrected chi connectivity index (χ3v) is 7.20. The number of nitrogens with two attached hydrogens (primary N) is 2. The fourth-order valence-electron chi connectivity index (χ4n) is 4.29. The molecule has 0 radical (unpaired) electrons. The van der Waals surface area contributed by atoms with Gasteiger partial charge in [0.15, 0.2) is 0 Å². The Labute approximate surface area is 192 Å². The van der Waals surface area contributed by atoms with Crippen molar-refractivity contribution in [2.75, 3.05) is 18.8 Å². The standard InChI is InChI=1S/C20H23N3OS.C6H7N/c1-20(6-2-3-7-20)15-4-5-16-13(11-15)10-14-12-17(25-19(14)23-16)18(24)22-9-8-21;7-6-4-2-1-3-5-6/h4-5,10-12H,2-3,6-9,21H2,1H3,(H,22,24);1-5H,7H2. The normalized spacial score (nSPS) is 14.8. The average Bonchev–Trinajstić information content (AvgIpc) is 3.43. The summed E-state index contributed by atoms with van der Waals surface area (Å²) >= 11 is 1.44. The summed E-state index contributed by atoms with van der Waals surface area (Å²) in [5.74, 6) is -0.0725. The van der Waals surface area contributed by atoms with E-state index in [1.54, 1.807) is 0 Å². The number of hydrogen-bond acceptors (Lipinski definition) is 5. The van der Waals surface area contributed by atoms with Crippen molar-refractivity contribution in [3.8, 4) is 0 Å². The molecular weight excluding hydrogens is 416 g/mol. The van der Waals surface area contributed by atoms with Crippen LogP contribution in [0.3, 0.4) is 0 Å². The second-order valence-corrected chi connectivity index (χ2v) is 9.65. The molecule has 0 unspecified atom stereocenters. The maximum Gasteiger partial charge on any atom is 0.261 e. The molecule has 2 aromatic heterocycles. The minimum Gasteiger partial charge on any atom is -0.399 e. The van der Waals surface area contributed by atoms with Crippen molar-refractivity contribution in [3.63, 3.8) is 0 Å². The zero-order valence-electron chi connectivity index (χ0n) is 18.4. The number of para-hydroxylation sites is 1. The van der Waals surface area contributed by atoms with Gasteiger partial charge in [0, 0.05) is 29.5 Å². The fraction of sp³-hybridized carbons (Fsp3) is 0.308. The highest BCUT2D eigenvalue weighted by molar-refractivity contribution is 7.20. The first-order chi connectivity index (χ1) is 15.5. The topological polar surface area (TPSA) is 94.0 Å². The van der Waals surface area contributed by atoms with Crippen molar-refractivity contribution in [2.24, 2.45) is 5.73 Å². The van der Waals surface area contributed by atoms with Gasteiger partial charge in [0.25, 0.3) is 5.91 Å². The van der Waals surface area contributed by atoms with Crippen LogP contribution in [0.25, 0.3) is 21.1 Å². The Morgan fingerprint density at radius 1 is 1.06 bits per heavy atom. The molecule has 1 aliphatic rings. The largest absolute Gasteiger partial charge is 0.399 e. The quantitative estimate of drug-likeness (QED) is 0.374. The number of nitrogen functional groups attached to an aromatic ring is 1. The summed E-state index contributed by atoms with van der Waals surface area (Å²) in [7, 11) is 0. The van der Waals surface area contributed by atoms with Crippen molar-refractivity contribution in [1.82, 2.24) is 10.3 Å². The molecule has 0 saturated heterocycles. The molecule has 0 atom stereocenters. The minimum absolute atomic E-state index is 0.0725. The number of fused-ring (bicyclic) bond motifs is 2. The number of amides is 1. The van der Waals surface area contributed by atoms with Gasteiger partial charge in [-0.05, 0) is 60.2 Å². The van der Waals surface area contributed by atoms with Crippen LogP contribution in [-0.2, 0) is 5.41 Å². The van der Waals surface area contributed by atoms with Crippen molar-refractivity contribution < 1.29 is 4.79 Å². The molecule has 32 heavy (non-hydrogen) atoms. The number of pyridine rings is 1. The predicted molar refractivity (Wildman–Crippen MR) is 135 cm³/mol. The lowest BCUT2D eigenvalue weighted by molar-refractivity contribution is 0.0959. The summed E-state index contributed by atoms with van der Waals surface area (Å²) < 4.78 is 0. The van der Waals surface area contributed by atoms with Gasteiger partial charge in [0.2, 0.25) is 0 Å².